The van der Waals surface area contributed by atoms with Crippen LogP contribution in [0.25, 0.3) is 10.9 Å². The fourth-order valence-corrected chi connectivity index (χ4v) is 3.52. The van der Waals surface area contributed by atoms with Gasteiger partial charge in [0.05, 0.1) is 29.2 Å². The summed E-state index contributed by atoms with van der Waals surface area (Å²) in [6.45, 7) is 7.17. The normalized spacial score (nSPS) is 12.5. The van der Waals surface area contributed by atoms with Crippen LogP contribution in [0.3, 0.4) is 0 Å². The third-order valence-corrected chi connectivity index (χ3v) is 5.14. The largest absolute Gasteiger partial charge is 0.355 e. The zero-order chi connectivity index (χ0) is 20.6. The van der Waals surface area contributed by atoms with Crippen molar-refractivity contribution in [3.8, 4) is 0 Å². The maximum Gasteiger partial charge on any atom is 0.258 e. The molecule has 0 bridgehead atoms. The lowest BCUT2D eigenvalue weighted by atomic mass is 10.0. The molecule has 0 aliphatic carbocycles. The highest BCUT2D eigenvalue weighted by atomic mass is 16.1. The summed E-state index contributed by atoms with van der Waals surface area (Å²) >= 11 is 0. The average Bonchev–Trinajstić information content (AvgIpc) is 2.94. The van der Waals surface area contributed by atoms with E-state index in [0.29, 0.717) is 45.8 Å². The van der Waals surface area contributed by atoms with Crippen LogP contribution in [0.4, 0.5) is 0 Å². The number of aryl methyl sites for hydroxylation is 1. The van der Waals surface area contributed by atoms with Gasteiger partial charge >= 0.3 is 0 Å². The molecule has 3 aromatic rings. The molecule has 7 nitrogen and oxygen atoms in total. The Morgan fingerprint density at radius 1 is 1.18 bits per heavy atom. The number of para-hydroxylation sites is 1. The van der Waals surface area contributed by atoms with Crippen LogP contribution >= 0.6 is 0 Å². The number of benzene rings is 1. The second kappa shape index (κ2) is 7.52. The number of hydrogen-bond acceptors (Lipinski definition) is 5. The van der Waals surface area contributed by atoms with Crippen LogP contribution in [0, 0.1) is 13.8 Å². The Balaban J connectivity index is 1.84. The van der Waals surface area contributed by atoms with E-state index < -0.39 is 6.04 Å². The van der Waals surface area contributed by atoms with E-state index in [-0.39, 0.29) is 17.1 Å². The molecule has 1 atom stereocenters. The Hall–Kier alpha value is -3.06. The number of aromatic amines is 2. The number of carbonyl (C=O) groups is 2. The van der Waals surface area contributed by atoms with E-state index in [9.17, 15) is 14.4 Å². The lowest BCUT2D eigenvalue weighted by molar-refractivity contribution is 0.0854. The maximum absolute atomic E-state index is 13.0. The second-order valence-corrected chi connectivity index (χ2v) is 7.17. The number of H-pyrrole nitrogens is 2. The summed E-state index contributed by atoms with van der Waals surface area (Å²) in [5, 5.41) is 0.535. The van der Waals surface area contributed by atoms with Crippen molar-refractivity contribution in [1.82, 2.24) is 19.9 Å². The first-order chi connectivity index (χ1) is 13.2. The number of Topliss-reactive ketones (excluding diaryl/α,β-unsaturated/α-hetero) is 2. The van der Waals surface area contributed by atoms with Gasteiger partial charge in [-0.3, -0.25) is 19.3 Å². The van der Waals surface area contributed by atoms with Gasteiger partial charge in [0, 0.05) is 11.3 Å². The molecule has 0 aliphatic rings. The van der Waals surface area contributed by atoms with Crippen molar-refractivity contribution >= 4 is 22.5 Å². The first-order valence-electron chi connectivity index (χ1n) is 9.13. The van der Waals surface area contributed by atoms with Gasteiger partial charge in [0.25, 0.3) is 5.56 Å². The number of rotatable bonds is 6. The Morgan fingerprint density at radius 3 is 2.50 bits per heavy atom. The minimum absolute atomic E-state index is 0.0655. The standard InChI is InChI=1S/C21H24N4O3/c1-11-18(14(4)26)12(2)22-19(11)20(27)13(3)25(5)10-17-23-16-9-7-6-8-15(16)21(28)24-17/h6-9,13,22H,10H2,1-5H3,(H,23,24,28). The van der Waals surface area contributed by atoms with Crippen LogP contribution in [0.2, 0.25) is 0 Å². The molecule has 3 rings (SSSR count). The average molecular weight is 380 g/mol. The van der Waals surface area contributed by atoms with Crippen molar-refractivity contribution in [2.45, 2.75) is 40.3 Å². The fourth-order valence-electron chi connectivity index (χ4n) is 3.52. The molecule has 2 N–H and O–H groups in total. The van der Waals surface area contributed by atoms with Crippen LogP contribution in [-0.2, 0) is 6.54 Å². The highest BCUT2D eigenvalue weighted by Gasteiger charge is 2.26. The molecular formula is C21H24N4O3. The summed E-state index contributed by atoms with van der Waals surface area (Å²) in [4.78, 5) is 49.2. The highest BCUT2D eigenvalue weighted by Crippen LogP contribution is 2.21. The minimum atomic E-state index is -0.465. The zero-order valence-electron chi connectivity index (χ0n) is 16.7. The topological polar surface area (TPSA) is 98.9 Å². The van der Waals surface area contributed by atoms with Crippen molar-refractivity contribution < 1.29 is 9.59 Å². The fraction of sp³-hybridized carbons (Fsp3) is 0.333. The Morgan fingerprint density at radius 2 is 1.86 bits per heavy atom. The van der Waals surface area contributed by atoms with Crippen LogP contribution in [0.15, 0.2) is 29.1 Å². The van der Waals surface area contributed by atoms with Crippen LogP contribution < -0.4 is 5.56 Å². The number of carbonyl (C=O) groups excluding carboxylic acids is 2. The van der Waals surface area contributed by atoms with E-state index in [1.807, 2.05) is 11.0 Å². The molecule has 2 heterocycles. The summed E-state index contributed by atoms with van der Waals surface area (Å²) in [5.41, 5.74) is 2.81. The number of likely N-dealkylation sites (N-methyl/N-ethyl adjacent to an activating group) is 1. The van der Waals surface area contributed by atoms with Gasteiger partial charge in [0.15, 0.2) is 11.6 Å². The third-order valence-electron chi connectivity index (χ3n) is 5.14. The number of hydrogen-bond donors (Lipinski definition) is 2. The molecule has 0 saturated carbocycles. The predicted octanol–water partition coefficient (Wildman–Crippen LogP) is 2.77. The van der Waals surface area contributed by atoms with Gasteiger partial charge < -0.3 is 9.97 Å². The molecule has 0 aliphatic heterocycles. The smallest absolute Gasteiger partial charge is 0.258 e. The molecule has 1 unspecified atom stereocenters. The van der Waals surface area contributed by atoms with Gasteiger partial charge in [-0.1, -0.05) is 12.1 Å². The molecule has 146 valence electrons. The van der Waals surface area contributed by atoms with Gasteiger partial charge in [-0.2, -0.15) is 0 Å². The molecule has 0 saturated heterocycles. The molecule has 0 fully saturated rings. The van der Waals surface area contributed by atoms with E-state index in [1.165, 1.54) is 6.92 Å². The van der Waals surface area contributed by atoms with Crippen molar-refractivity contribution in [2.75, 3.05) is 7.05 Å². The van der Waals surface area contributed by atoms with E-state index >= 15 is 0 Å². The van der Waals surface area contributed by atoms with Crippen molar-refractivity contribution in [3.63, 3.8) is 0 Å². The van der Waals surface area contributed by atoms with Gasteiger partial charge in [-0.15, -0.1) is 0 Å². The summed E-state index contributed by atoms with van der Waals surface area (Å²) < 4.78 is 0. The molecule has 0 amide bonds. The number of aromatic nitrogens is 3. The summed E-state index contributed by atoms with van der Waals surface area (Å²) in [5.74, 6) is 0.317. The number of fused-ring (bicyclic) bond motifs is 1. The monoisotopic (exact) mass is 380 g/mol. The van der Waals surface area contributed by atoms with E-state index in [1.54, 1.807) is 46.0 Å². The van der Waals surface area contributed by atoms with Crippen LogP contribution in [-0.4, -0.2) is 44.5 Å². The molecule has 0 radical (unpaired) electrons. The quantitative estimate of drug-likeness (QED) is 0.641. The second-order valence-electron chi connectivity index (χ2n) is 7.17. The molecule has 28 heavy (non-hydrogen) atoms. The van der Waals surface area contributed by atoms with Crippen LogP contribution in [0.5, 0.6) is 0 Å². The lowest BCUT2D eigenvalue weighted by Gasteiger charge is -2.23. The van der Waals surface area contributed by atoms with E-state index in [2.05, 4.69) is 15.0 Å². The first-order valence-corrected chi connectivity index (χ1v) is 9.13. The molecular weight excluding hydrogens is 356 g/mol. The van der Waals surface area contributed by atoms with Gasteiger partial charge in [-0.25, -0.2) is 4.98 Å². The van der Waals surface area contributed by atoms with E-state index in [0.717, 1.165) is 0 Å². The molecule has 0 spiro atoms. The minimum Gasteiger partial charge on any atom is -0.355 e. The summed E-state index contributed by atoms with van der Waals surface area (Å²) in [7, 11) is 1.80. The summed E-state index contributed by atoms with van der Waals surface area (Å²) in [6.07, 6.45) is 0. The number of ketones is 2. The lowest BCUT2D eigenvalue weighted by Crippen LogP contribution is -2.37. The molecule has 2 aromatic heterocycles. The summed E-state index contributed by atoms with van der Waals surface area (Å²) in [6, 6.07) is 6.67. The Labute approximate surface area is 162 Å². The maximum atomic E-state index is 13.0. The number of nitrogens with zero attached hydrogens (tertiary/aromatic N) is 2. The van der Waals surface area contributed by atoms with Crippen molar-refractivity contribution in [3.05, 3.63) is 63.0 Å². The highest BCUT2D eigenvalue weighted by molar-refractivity contribution is 6.05. The Kier molecular flexibility index (Phi) is 5.29. The number of nitrogens with one attached hydrogen (secondary N) is 2. The SMILES string of the molecule is CC(=O)c1c(C)[nH]c(C(=O)C(C)N(C)Cc2nc3ccccc3c(=O)[nH]2)c1C. The molecule has 1 aromatic carbocycles. The molecule has 7 heteroatoms. The third kappa shape index (κ3) is 3.53. The van der Waals surface area contributed by atoms with Gasteiger partial charge in [-0.05, 0) is 52.4 Å². The predicted molar refractivity (Wildman–Crippen MR) is 108 cm³/mol. The van der Waals surface area contributed by atoms with Gasteiger partial charge in [0.2, 0.25) is 0 Å². The van der Waals surface area contributed by atoms with E-state index in [4.69, 9.17) is 0 Å². The van der Waals surface area contributed by atoms with Crippen molar-refractivity contribution in [2.24, 2.45) is 0 Å². The zero-order valence-corrected chi connectivity index (χ0v) is 16.7. The Bertz CT molecular complexity index is 1130. The van der Waals surface area contributed by atoms with Gasteiger partial charge in [0.1, 0.15) is 5.82 Å². The van der Waals surface area contributed by atoms with Crippen molar-refractivity contribution in [1.29, 1.82) is 0 Å². The van der Waals surface area contributed by atoms with Crippen LogP contribution in [0.1, 0.15) is 51.8 Å². The first kappa shape index (κ1) is 19.7.